The molecule has 0 saturated carbocycles. The summed E-state index contributed by atoms with van der Waals surface area (Å²) in [6.07, 6.45) is 0. The SMILES string of the molecule is O=C(Nc1ccc2oc(-c3ccc(F)cc3)cc(=O)c2c1)c1cc2cc(Br)ccc2o1. The maximum atomic E-state index is 13.1. The molecule has 1 N–H and O–H groups in total. The highest BCUT2D eigenvalue weighted by atomic mass is 79.9. The molecule has 0 bridgehead atoms. The van der Waals surface area contributed by atoms with E-state index >= 15 is 0 Å². The van der Waals surface area contributed by atoms with Gasteiger partial charge in [0.2, 0.25) is 0 Å². The molecular formula is C24H13BrFNO4. The van der Waals surface area contributed by atoms with Gasteiger partial charge in [0.05, 0.1) is 5.39 Å². The smallest absolute Gasteiger partial charge is 0.291 e. The van der Waals surface area contributed by atoms with Crippen molar-refractivity contribution in [3.63, 3.8) is 0 Å². The summed E-state index contributed by atoms with van der Waals surface area (Å²) in [5.41, 5.74) is 1.71. The molecule has 3 aromatic carbocycles. The number of nitrogens with one attached hydrogen (secondary N) is 1. The second-order valence-electron chi connectivity index (χ2n) is 6.94. The molecule has 31 heavy (non-hydrogen) atoms. The van der Waals surface area contributed by atoms with Crippen LogP contribution in [0.4, 0.5) is 10.1 Å². The molecule has 5 nitrogen and oxygen atoms in total. The highest BCUT2D eigenvalue weighted by Gasteiger charge is 2.14. The lowest BCUT2D eigenvalue weighted by Gasteiger charge is -2.06. The molecule has 0 unspecified atom stereocenters. The van der Waals surface area contributed by atoms with Crippen molar-refractivity contribution in [3.8, 4) is 11.3 Å². The summed E-state index contributed by atoms with van der Waals surface area (Å²) in [5.74, 6) is -0.307. The van der Waals surface area contributed by atoms with E-state index in [0.29, 0.717) is 33.6 Å². The minimum absolute atomic E-state index is 0.159. The second-order valence-corrected chi connectivity index (χ2v) is 7.86. The van der Waals surface area contributed by atoms with Gasteiger partial charge in [0.1, 0.15) is 22.7 Å². The molecule has 5 aromatic rings. The van der Waals surface area contributed by atoms with E-state index in [4.69, 9.17) is 8.83 Å². The van der Waals surface area contributed by atoms with E-state index in [-0.39, 0.29) is 17.0 Å². The Morgan fingerprint density at radius 2 is 1.65 bits per heavy atom. The number of halogens is 2. The van der Waals surface area contributed by atoms with Crippen LogP contribution in [-0.4, -0.2) is 5.91 Å². The van der Waals surface area contributed by atoms with Crippen LogP contribution >= 0.6 is 15.9 Å². The topological polar surface area (TPSA) is 72.5 Å². The molecule has 0 aliphatic rings. The summed E-state index contributed by atoms with van der Waals surface area (Å²) in [5, 5.41) is 3.85. The van der Waals surface area contributed by atoms with Crippen molar-refractivity contribution in [2.45, 2.75) is 0 Å². The predicted molar refractivity (Wildman–Crippen MR) is 120 cm³/mol. The number of furan rings is 1. The van der Waals surface area contributed by atoms with E-state index in [1.165, 1.54) is 18.2 Å². The van der Waals surface area contributed by atoms with Gasteiger partial charge in [-0.25, -0.2) is 4.39 Å². The Morgan fingerprint density at radius 3 is 2.45 bits per heavy atom. The molecule has 1 amide bonds. The molecule has 0 radical (unpaired) electrons. The first-order valence-electron chi connectivity index (χ1n) is 9.30. The first-order chi connectivity index (χ1) is 15.0. The Labute approximate surface area is 183 Å². The summed E-state index contributed by atoms with van der Waals surface area (Å²) >= 11 is 3.39. The van der Waals surface area contributed by atoms with Gasteiger partial charge in [0.25, 0.3) is 5.91 Å². The van der Waals surface area contributed by atoms with Crippen molar-refractivity contribution < 1.29 is 18.0 Å². The summed E-state index contributed by atoms with van der Waals surface area (Å²) in [6, 6.07) is 18.9. The number of carbonyl (C=O) groups excluding carboxylic acids is 1. The predicted octanol–water partition coefficient (Wildman–Crippen LogP) is 6.36. The van der Waals surface area contributed by atoms with Crippen LogP contribution in [0.15, 0.2) is 90.9 Å². The fourth-order valence-electron chi connectivity index (χ4n) is 3.31. The van der Waals surface area contributed by atoms with Crippen molar-refractivity contribution >= 4 is 49.5 Å². The Balaban J connectivity index is 1.45. The fraction of sp³-hybridized carbons (Fsp3) is 0. The van der Waals surface area contributed by atoms with Crippen LogP contribution in [0, 0.1) is 5.82 Å². The number of hydrogen-bond donors (Lipinski definition) is 1. The fourth-order valence-corrected chi connectivity index (χ4v) is 3.69. The standard InChI is InChI=1S/C24H13BrFNO4/c25-15-3-7-20-14(9-15)10-23(30-20)24(29)27-17-6-8-21-18(11-17)19(28)12-22(31-21)13-1-4-16(26)5-2-13/h1-12H,(H,27,29). The van der Waals surface area contributed by atoms with Crippen LogP contribution in [0.1, 0.15) is 10.6 Å². The first-order valence-corrected chi connectivity index (χ1v) is 10.1. The van der Waals surface area contributed by atoms with Crippen LogP contribution in [-0.2, 0) is 0 Å². The van der Waals surface area contributed by atoms with Crippen molar-refractivity contribution in [2.24, 2.45) is 0 Å². The van der Waals surface area contributed by atoms with Crippen LogP contribution in [0.2, 0.25) is 0 Å². The van der Waals surface area contributed by atoms with Crippen LogP contribution in [0.3, 0.4) is 0 Å². The quantitative estimate of drug-likeness (QED) is 0.328. The highest BCUT2D eigenvalue weighted by Crippen LogP contribution is 2.26. The molecule has 0 aliphatic carbocycles. The van der Waals surface area contributed by atoms with Gasteiger partial charge in [-0.15, -0.1) is 0 Å². The zero-order valence-electron chi connectivity index (χ0n) is 15.8. The van der Waals surface area contributed by atoms with Gasteiger partial charge < -0.3 is 14.2 Å². The van der Waals surface area contributed by atoms with Crippen LogP contribution in [0.5, 0.6) is 0 Å². The zero-order chi connectivity index (χ0) is 21.5. The third-order valence-corrected chi connectivity index (χ3v) is 5.31. The maximum Gasteiger partial charge on any atom is 0.291 e. The van der Waals surface area contributed by atoms with E-state index in [2.05, 4.69) is 21.2 Å². The van der Waals surface area contributed by atoms with Crippen molar-refractivity contribution in [2.75, 3.05) is 5.32 Å². The van der Waals surface area contributed by atoms with Gasteiger partial charge in [-0.1, -0.05) is 15.9 Å². The van der Waals surface area contributed by atoms with E-state index in [0.717, 1.165) is 9.86 Å². The molecule has 152 valence electrons. The third-order valence-electron chi connectivity index (χ3n) is 4.82. The molecule has 0 fully saturated rings. The summed E-state index contributed by atoms with van der Waals surface area (Å²) in [4.78, 5) is 25.2. The van der Waals surface area contributed by atoms with E-state index < -0.39 is 5.91 Å². The van der Waals surface area contributed by atoms with Crippen LogP contribution in [0.25, 0.3) is 33.3 Å². The first kappa shape index (κ1) is 19.3. The number of hydrogen-bond acceptors (Lipinski definition) is 4. The number of anilines is 1. The Bertz CT molecular complexity index is 1520. The average Bonchev–Trinajstić information content (AvgIpc) is 3.18. The van der Waals surface area contributed by atoms with Crippen LogP contribution < -0.4 is 10.7 Å². The lowest BCUT2D eigenvalue weighted by Crippen LogP contribution is -2.11. The molecule has 0 spiro atoms. The molecule has 2 aromatic heterocycles. The average molecular weight is 478 g/mol. The molecule has 0 saturated heterocycles. The molecule has 0 atom stereocenters. The minimum atomic E-state index is -0.431. The minimum Gasteiger partial charge on any atom is -0.456 e. The molecular weight excluding hydrogens is 465 g/mol. The number of carbonyl (C=O) groups is 1. The van der Waals surface area contributed by atoms with Gasteiger partial charge in [-0.3, -0.25) is 9.59 Å². The third kappa shape index (κ3) is 3.75. The van der Waals surface area contributed by atoms with Crippen molar-refractivity contribution in [1.29, 1.82) is 0 Å². The molecule has 2 heterocycles. The summed E-state index contributed by atoms with van der Waals surface area (Å²) in [7, 11) is 0. The zero-order valence-corrected chi connectivity index (χ0v) is 17.4. The largest absolute Gasteiger partial charge is 0.456 e. The number of benzene rings is 3. The number of rotatable bonds is 3. The Hall–Kier alpha value is -3.71. The Kier molecular flexibility index (Phi) is 4.67. The number of fused-ring (bicyclic) bond motifs is 2. The molecule has 5 rings (SSSR count). The maximum absolute atomic E-state index is 13.1. The monoisotopic (exact) mass is 477 g/mol. The van der Waals surface area contributed by atoms with Crippen molar-refractivity contribution in [1.82, 2.24) is 0 Å². The molecule has 0 aliphatic heterocycles. The van der Waals surface area contributed by atoms with Gasteiger partial charge in [-0.2, -0.15) is 0 Å². The van der Waals surface area contributed by atoms with Gasteiger partial charge in [0, 0.05) is 27.2 Å². The molecule has 7 heteroatoms. The lowest BCUT2D eigenvalue weighted by atomic mass is 10.1. The van der Waals surface area contributed by atoms with E-state index in [1.54, 1.807) is 42.5 Å². The summed E-state index contributed by atoms with van der Waals surface area (Å²) < 4.78 is 25.4. The summed E-state index contributed by atoms with van der Waals surface area (Å²) in [6.45, 7) is 0. The lowest BCUT2D eigenvalue weighted by molar-refractivity contribution is 0.0998. The normalized spacial score (nSPS) is 11.2. The van der Waals surface area contributed by atoms with E-state index in [9.17, 15) is 14.0 Å². The van der Waals surface area contributed by atoms with Gasteiger partial charge >= 0.3 is 0 Å². The van der Waals surface area contributed by atoms with Gasteiger partial charge in [0.15, 0.2) is 11.2 Å². The van der Waals surface area contributed by atoms with E-state index in [1.807, 2.05) is 12.1 Å². The Morgan fingerprint density at radius 1 is 0.871 bits per heavy atom. The highest BCUT2D eigenvalue weighted by molar-refractivity contribution is 9.10. The van der Waals surface area contributed by atoms with Crippen molar-refractivity contribution in [3.05, 3.63) is 99.1 Å². The van der Waals surface area contributed by atoms with Gasteiger partial charge in [-0.05, 0) is 66.7 Å². The second kappa shape index (κ2) is 7.52. The number of amides is 1.